The van der Waals surface area contributed by atoms with Crippen LogP contribution in [0.3, 0.4) is 0 Å². The minimum absolute atomic E-state index is 0.288. The minimum atomic E-state index is 0.288. The highest BCUT2D eigenvalue weighted by Gasteiger charge is 2.20. The van der Waals surface area contributed by atoms with E-state index in [4.69, 9.17) is 13.9 Å². The first-order chi connectivity index (χ1) is 10.8. The van der Waals surface area contributed by atoms with E-state index in [-0.39, 0.29) is 6.10 Å². The molecule has 4 nitrogen and oxygen atoms in total. The van der Waals surface area contributed by atoms with Crippen LogP contribution in [-0.2, 0) is 16.0 Å². The lowest BCUT2D eigenvalue weighted by Gasteiger charge is -2.32. The molecule has 1 aliphatic rings. The van der Waals surface area contributed by atoms with Gasteiger partial charge in [-0.1, -0.05) is 24.3 Å². The van der Waals surface area contributed by atoms with Gasteiger partial charge in [0.05, 0.1) is 19.0 Å². The summed E-state index contributed by atoms with van der Waals surface area (Å²) >= 11 is 0. The molecular formula is C18H23NO3. The first kappa shape index (κ1) is 15.3. The molecule has 0 radical (unpaired) electrons. The van der Waals surface area contributed by atoms with E-state index < -0.39 is 0 Å². The van der Waals surface area contributed by atoms with E-state index in [2.05, 4.69) is 29.2 Å². The Labute approximate surface area is 131 Å². The molecule has 0 spiro atoms. The Morgan fingerprint density at radius 1 is 1.23 bits per heavy atom. The third-order valence-electron chi connectivity index (χ3n) is 4.03. The third-order valence-corrected chi connectivity index (χ3v) is 4.03. The summed E-state index contributed by atoms with van der Waals surface area (Å²) in [4.78, 5) is 2.45. The fourth-order valence-corrected chi connectivity index (χ4v) is 2.82. The average molecular weight is 301 g/mol. The van der Waals surface area contributed by atoms with Gasteiger partial charge in [-0.25, -0.2) is 0 Å². The largest absolute Gasteiger partial charge is 0.464 e. The van der Waals surface area contributed by atoms with E-state index >= 15 is 0 Å². The minimum Gasteiger partial charge on any atom is -0.464 e. The van der Waals surface area contributed by atoms with Crippen LogP contribution in [0.25, 0.3) is 11.3 Å². The molecule has 118 valence electrons. The summed E-state index contributed by atoms with van der Waals surface area (Å²) in [6.07, 6.45) is 2.96. The van der Waals surface area contributed by atoms with E-state index in [1.807, 2.05) is 12.1 Å². The number of nitrogens with zero attached hydrogens (tertiary/aromatic N) is 1. The Kier molecular flexibility index (Phi) is 5.27. The Morgan fingerprint density at radius 2 is 2.09 bits per heavy atom. The lowest BCUT2D eigenvalue weighted by atomic mass is 10.1. The van der Waals surface area contributed by atoms with Gasteiger partial charge in [0.15, 0.2) is 0 Å². The smallest absolute Gasteiger partial charge is 0.133 e. The first-order valence-corrected chi connectivity index (χ1v) is 7.81. The average Bonchev–Trinajstić information content (AvgIpc) is 3.08. The highest BCUT2D eigenvalue weighted by molar-refractivity contribution is 5.57. The number of ether oxygens (including phenoxy) is 2. The standard InChI is InChI=1S/C18H23NO3/c1-20-11-8-17-14-19(9-12-21-17)13-15-4-6-16(7-5-15)18-3-2-10-22-18/h2-7,10,17H,8-9,11-14H2,1H3. The molecule has 2 heterocycles. The van der Waals surface area contributed by atoms with Crippen LogP contribution in [0.15, 0.2) is 47.1 Å². The number of benzene rings is 1. The van der Waals surface area contributed by atoms with Crippen LogP contribution >= 0.6 is 0 Å². The quantitative estimate of drug-likeness (QED) is 0.821. The van der Waals surface area contributed by atoms with Gasteiger partial charge in [0.1, 0.15) is 5.76 Å². The number of rotatable bonds is 6. The second-order valence-corrected chi connectivity index (χ2v) is 5.68. The third kappa shape index (κ3) is 3.97. The van der Waals surface area contributed by atoms with Gasteiger partial charge in [0.25, 0.3) is 0 Å². The molecule has 0 saturated carbocycles. The lowest BCUT2D eigenvalue weighted by molar-refractivity contribution is -0.0432. The Hall–Kier alpha value is -1.62. The monoisotopic (exact) mass is 301 g/mol. The molecule has 0 aliphatic carbocycles. The van der Waals surface area contributed by atoms with Crippen molar-refractivity contribution in [3.05, 3.63) is 48.2 Å². The van der Waals surface area contributed by atoms with Crippen molar-refractivity contribution in [1.29, 1.82) is 0 Å². The molecule has 2 aromatic rings. The number of furan rings is 1. The zero-order valence-electron chi connectivity index (χ0n) is 13.0. The van der Waals surface area contributed by atoms with Crippen molar-refractivity contribution < 1.29 is 13.9 Å². The molecule has 22 heavy (non-hydrogen) atoms. The topological polar surface area (TPSA) is 34.8 Å². The van der Waals surface area contributed by atoms with Crippen molar-refractivity contribution in [2.24, 2.45) is 0 Å². The summed E-state index contributed by atoms with van der Waals surface area (Å²) < 4.78 is 16.3. The molecule has 0 amide bonds. The van der Waals surface area contributed by atoms with Gasteiger partial charge in [-0.05, 0) is 24.1 Å². The van der Waals surface area contributed by atoms with Crippen LogP contribution in [0.1, 0.15) is 12.0 Å². The zero-order valence-corrected chi connectivity index (χ0v) is 13.0. The Morgan fingerprint density at radius 3 is 2.82 bits per heavy atom. The molecule has 1 aliphatic heterocycles. The van der Waals surface area contributed by atoms with Gasteiger partial charge < -0.3 is 13.9 Å². The van der Waals surface area contributed by atoms with E-state index in [1.54, 1.807) is 13.4 Å². The molecule has 1 atom stereocenters. The van der Waals surface area contributed by atoms with E-state index in [9.17, 15) is 0 Å². The van der Waals surface area contributed by atoms with E-state index in [1.165, 1.54) is 5.56 Å². The van der Waals surface area contributed by atoms with Gasteiger partial charge in [-0.2, -0.15) is 0 Å². The molecule has 1 unspecified atom stereocenters. The summed E-state index contributed by atoms with van der Waals surface area (Å²) in [6, 6.07) is 12.5. The summed E-state index contributed by atoms with van der Waals surface area (Å²) in [5.74, 6) is 0.914. The predicted molar refractivity (Wildman–Crippen MR) is 85.7 cm³/mol. The second kappa shape index (κ2) is 7.58. The molecule has 3 rings (SSSR count). The molecule has 4 heteroatoms. The van der Waals surface area contributed by atoms with Gasteiger partial charge >= 0.3 is 0 Å². The van der Waals surface area contributed by atoms with Gasteiger partial charge in [0, 0.05) is 38.9 Å². The first-order valence-electron chi connectivity index (χ1n) is 7.81. The summed E-state index contributed by atoms with van der Waals surface area (Å²) in [5, 5.41) is 0. The summed E-state index contributed by atoms with van der Waals surface area (Å²) in [5.41, 5.74) is 2.44. The van der Waals surface area contributed by atoms with Crippen molar-refractivity contribution in [3.8, 4) is 11.3 Å². The van der Waals surface area contributed by atoms with Crippen molar-refractivity contribution in [1.82, 2.24) is 4.90 Å². The number of methoxy groups -OCH3 is 1. The maximum absolute atomic E-state index is 5.78. The highest BCUT2D eigenvalue weighted by Crippen LogP contribution is 2.21. The van der Waals surface area contributed by atoms with Crippen molar-refractivity contribution in [3.63, 3.8) is 0 Å². The second-order valence-electron chi connectivity index (χ2n) is 5.68. The summed E-state index contributed by atoms with van der Waals surface area (Å²) in [7, 11) is 1.74. The molecule has 0 N–H and O–H groups in total. The molecule has 0 bridgehead atoms. The van der Waals surface area contributed by atoms with Gasteiger partial charge in [-0.15, -0.1) is 0 Å². The van der Waals surface area contributed by atoms with Gasteiger partial charge in [0.2, 0.25) is 0 Å². The predicted octanol–water partition coefficient (Wildman–Crippen LogP) is 3.18. The number of hydrogen-bond acceptors (Lipinski definition) is 4. The van der Waals surface area contributed by atoms with Crippen LogP contribution in [0.4, 0.5) is 0 Å². The van der Waals surface area contributed by atoms with Crippen LogP contribution < -0.4 is 0 Å². The zero-order chi connectivity index (χ0) is 15.2. The summed E-state index contributed by atoms with van der Waals surface area (Å²) in [6.45, 7) is 4.49. The lowest BCUT2D eigenvalue weighted by Crippen LogP contribution is -2.42. The molecule has 1 fully saturated rings. The fraction of sp³-hybridized carbons (Fsp3) is 0.444. The van der Waals surface area contributed by atoms with Crippen molar-refractivity contribution in [2.45, 2.75) is 19.1 Å². The Balaban J connectivity index is 1.56. The SMILES string of the molecule is COCCC1CN(Cc2ccc(-c3ccco3)cc2)CCO1. The normalized spacial score (nSPS) is 19.4. The van der Waals surface area contributed by atoms with Crippen LogP contribution in [0.5, 0.6) is 0 Å². The van der Waals surface area contributed by atoms with Crippen molar-refractivity contribution in [2.75, 3.05) is 33.4 Å². The van der Waals surface area contributed by atoms with Crippen LogP contribution in [0, 0.1) is 0 Å². The number of hydrogen-bond donors (Lipinski definition) is 0. The highest BCUT2D eigenvalue weighted by atomic mass is 16.5. The number of morpholine rings is 1. The maximum Gasteiger partial charge on any atom is 0.133 e. The Bertz CT molecular complexity index is 550. The van der Waals surface area contributed by atoms with Crippen molar-refractivity contribution >= 4 is 0 Å². The van der Waals surface area contributed by atoms with E-state index in [0.717, 1.165) is 50.6 Å². The fourth-order valence-electron chi connectivity index (χ4n) is 2.82. The van der Waals surface area contributed by atoms with Crippen LogP contribution in [0.2, 0.25) is 0 Å². The maximum atomic E-state index is 5.78. The van der Waals surface area contributed by atoms with Crippen LogP contribution in [-0.4, -0.2) is 44.4 Å². The molecular weight excluding hydrogens is 278 g/mol. The molecule has 1 aromatic carbocycles. The molecule has 1 aromatic heterocycles. The van der Waals surface area contributed by atoms with E-state index in [0.29, 0.717) is 0 Å². The van der Waals surface area contributed by atoms with Gasteiger partial charge in [-0.3, -0.25) is 4.90 Å². The molecule has 1 saturated heterocycles.